The molecule has 0 bridgehead atoms. The number of nitrogens with one attached hydrogen (secondary N) is 1. The van der Waals surface area contributed by atoms with Gasteiger partial charge in [-0.25, -0.2) is 4.98 Å². The summed E-state index contributed by atoms with van der Waals surface area (Å²) in [5, 5.41) is 2.97. The monoisotopic (exact) mass is 345 g/mol. The average molecular weight is 345 g/mol. The lowest BCUT2D eigenvalue weighted by molar-refractivity contribution is -0.0704. The van der Waals surface area contributed by atoms with Gasteiger partial charge in [0, 0.05) is 25.3 Å². The van der Waals surface area contributed by atoms with Gasteiger partial charge in [0.25, 0.3) is 5.91 Å². The van der Waals surface area contributed by atoms with E-state index in [1.54, 1.807) is 5.51 Å². The minimum absolute atomic E-state index is 0.0965. The Kier molecular flexibility index (Phi) is 5.28. The lowest BCUT2D eigenvalue weighted by Gasteiger charge is -2.35. The molecule has 6 heteroatoms. The van der Waals surface area contributed by atoms with Crippen molar-refractivity contribution in [3.63, 3.8) is 0 Å². The van der Waals surface area contributed by atoms with Gasteiger partial charge in [-0.05, 0) is 38.5 Å². The minimum Gasteiger partial charge on any atom is -0.373 e. The molecule has 1 aromatic heterocycles. The molecule has 1 aromatic carbocycles. The van der Waals surface area contributed by atoms with Crippen molar-refractivity contribution in [3.05, 3.63) is 45.9 Å². The van der Waals surface area contributed by atoms with Crippen LogP contribution >= 0.6 is 11.3 Å². The van der Waals surface area contributed by atoms with E-state index in [-0.39, 0.29) is 18.1 Å². The number of amides is 1. The van der Waals surface area contributed by atoms with Crippen LogP contribution in [0.25, 0.3) is 0 Å². The number of anilines is 1. The van der Waals surface area contributed by atoms with Crippen LogP contribution in [0.1, 0.15) is 34.8 Å². The van der Waals surface area contributed by atoms with Crippen LogP contribution in [0.2, 0.25) is 0 Å². The molecule has 2 heterocycles. The summed E-state index contributed by atoms with van der Waals surface area (Å²) < 4.78 is 5.78. The summed E-state index contributed by atoms with van der Waals surface area (Å²) in [4.78, 5) is 19.5. The van der Waals surface area contributed by atoms with Gasteiger partial charge in [0.15, 0.2) is 0 Å². The number of morpholine rings is 1. The van der Waals surface area contributed by atoms with Crippen LogP contribution in [0.5, 0.6) is 0 Å². The van der Waals surface area contributed by atoms with Crippen molar-refractivity contribution in [1.82, 2.24) is 9.88 Å². The van der Waals surface area contributed by atoms with Gasteiger partial charge in [-0.1, -0.05) is 12.1 Å². The van der Waals surface area contributed by atoms with Crippen molar-refractivity contribution in [3.8, 4) is 0 Å². The maximum Gasteiger partial charge on any atom is 0.267 e. The van der Waals surface area contributed by atoms with Crippen LogP contribution in [-0.2, 0) is 11.3 Å². The Labute approximate surface area is 146 Å². The Morgan fingerprint density at radius 1 is 1.38 bits per heavy atom. The van der Waals surface area contributed by atoms with Crippen LogP contribution in [0.3, 0.4) is 0 Å². The first kappa shape index (κ1) is 17.1. The fraction of sp³-hybridized carbons (Fsp3) is 0.444. The van der Waals surface area contributed by atoms with Gasteiger partial charge < -0.3 is 10.1 Å². The SMILES string of the molecule is Cc1ncsc1C(=O)Nc1cccc(CN2C[C@H](C)O[C@@H](C)C2)c1. The van der Waals surface area contributed by atoms with Gasteiger partial charge >= 0.3 is 0 Å². The van der Waals surface area contributed by atoms with E-state index in [1.165, 1.54) is 16.9 Å². The second kappa shape index (κ2) is 7.42. The van der Waals surface area contributed by atoms with Gasteiger partial charge in [-0.15, -0.1) is 11.3 Å². The van der Waals surface area contributed by atoms with Crippen LogP contribution < -0.4 is 5.32 Å². The maximum atomic E-state index is 12.3. The molecular weight excluding hydrogens is 322 g/mol. The predicted octanol–water partition coefficient (Wildman–Crippen LogP) is 3.31. The van der Waals surface area contributed by atoms with Crippen molar-refractivity contribution in [2.75, 3.05) is 18.4 Å². The number of carbonyl (C=O) groups excluding carboxylic acids is 1. The summed E-state index contributed by atoms with van der Waals surface area (Å²) in [5.41, 5.74) is 4.47. The highest BCUT2D eigenvalue weighted by Crippen LogP contribution is 2.19. The van der Waals surface area contributed by atoms with E-state index < -0.39 is 0 Å². The van der Waals surface area contributed by atoms with Crippen LogP contribution in [0.4, 0.5) is 5.69 Å². The number of hydrogen-bond donors (Lipinski definition) is 1. The first-order valence-electron chi connectivity index (χ1n) is 8.19. The third-order valence-electron chi connectivity index (χ3n) is 4.04. The molecule has 24 heavy (non-hydrogen) atoms. The zero-order valence-electron chi connectivity index (χ0n) is 14.3. The van der Waals surface area contributed by atoms with Gasteiger partial charge in [0.1, 0.15) is 4.88 Å². The zero-order chi connectivity index (χ0) is 17.1. The van der Waals surface area contributed by atoms with Crippen molar-refractivity contribution in [1.29, 1.82) is 0 Å². The number of hydrogen-bond acceptors (Lipinski definition) is 5. The number of nitrogens with zero attached hydrogens (tertiary/aromatic N) is 2. The Hall–Kier alpha value is -1.76. The molecule has 1 amide bonds. The molecule has 1 aliphatic rings. The average Bonchev–Trinajstić information content (AvgIpc) is 2.92. The van der Waals surface area contributed by atoms with E-state index in [4.69, 9.17) is 4.74 Å². The molecule has 5 nitrogen and oxygen atoms in total. The molecule has 1 saturated heterocycles. The fourth-order valence-electron chi connectivity index (χ4n) is 3.13. The van der Waals surface area contributed by atoms with E-state index in [0.717, 1.165) is 31.0 Å². The quantitative estimate of drug-likeness (QED) is 0.924. The molecule has 128 valence electrons. The van der Waals surface area contributed by atoms with Crippen molar-refractivity contribution in [2.45, 2.75) is 39.5 Å². The van der Waals surface area contributed by atoms with Crippen molar-refractivity contribution in [2.24, 2.45) is 0 Å². The molecule has 2 aromatic rings. The maximum absolute atomic E-state index is 12.3. The summed E-state index contributed by atoms with van der Waals surface area (Å²) in [6.07, 6.45) is 0.511. The lowest BCUT2D eigenvalue weighted by atomic mass is 10.1. The van der Waals surface area contributed by atoms with Crippen molar-refractivity contribution < 1.29 is 9.53 Å². The van der Waals surface area contributed by atoms with Crippen LogP contribution in [0.15, 0.2) is 29.8 Å². The van der Waals surface area contributed by atoms with Gasteiger partial charge in [0.2, 0.25) is 0 Å². The molecule has 1 fully saturated rings. The van der Waals surface area contributed by atoms with Gasteiger partial charge in [0.05, 0.1) is 23.4 Å². The van der Waals surface area contributed by atoms with Crippen LogP contribution in [-0.4, -0.2) is 41.1 Å². The summed E-state index contributed by atoms with van der Waals surface area (Å²) in [7, 11) is 0. The molecule has 3 rings (SSSR count). The standard InChI is InChI=1S/C18H23N3O2S/c1-12-8-21(9-13(2)23-12)10-15-5-4-6-16(7-15)20-18(22)17-14(3)19-11-24-17/h4-7,11-13H,8-10H2,1-3H3,(H,20,22)/t12-,13-/m0/s1. The molecule has 1 N–H and O–H groups in total. The third-order valence-corrected chi connectivity index (χ3v) is 4.97. The number of rotatable bonds is 4. The topological polar surface area (TPSA) is 54.5 Å². The first-order valence-corrected chi connectivity index (χ1v) is 9.07. The number of aromatic nitrogens is 1. The Balaban J connectivity index is 1.66. The Morgan fingerprint density at radius 3 is 2.79 bits per heavy atom. The molecule has 0 unspecified atom stereocenters. The predicted molar refractivity (Wildman–Crippen MR) is 96.5 cm³/mol. The number of aryl methyl sites for hydroxylation is 1. The molecular formula is C18H23N3O2S. The van der Waals surface area contributed by atoms with E-state index in [0.29, 0.717) is 4.88 Å². The smallest absolute Gasteiger partial charge is 0.267 e. The summed E-state index contributed by atoms with van der Waals surface area (Å²) in [5.74, 6) is -0.0965. The highest BCUT2D eigenvalue weighted by Gasteiger charge is 2.22. The highest BCUT2D eigenvalue weighted by atomic mass is 32.1. The Morgan fingerprint density at radius 2 is 2.12 bits per heavy atom. The molecule has 0 saturated carbocycles. The first-order chi connectivity index (χ1) is 11.5. The molecule has 2 atom stereocenters. The summed E-state index contributed by atoms with van der Waals surface area (Å²) in [6.45, 7) is 8.79. The summed E-state index contributed by atoms with van der Waals surface area (Å²) >= 11 is 1.36. The van der Waals surface area contributed by atoms with Gasteiger partial charge in [-0.2, -0.15) is 0 Å². The minimum atomic E-state index is -0.0965. The van der Waals surface area contributed by atoms with E-state index >= 15 is 0 Å². The number of carbonyl (C=O) groups is 1. The second-order valence-electron chi connectivity index (χ2n) is 6.37. The molecule has 0 spiro atoms. The van der Waals surface area contributed by atoms with E-state index in [9.17, 15) is 4.79 Å². The van der Waals surface area contributed by atoms with Gasteiger partial charge in [-0.3, -0.25) is 9.69 Å². The number of thiazole rings is 1. The zero-order valence-corrected chi connectivity index (χ0v) is 15.1. The van der Waals surface area contributed by atoms with E-state index in [1.807, 2.05) is 25.1 Å². The van der Waals surface area contributed by atoms with E-state index in [2.05, 4.69) is 35.1 Å². The second-order valence-corrected chi connectivity index (χ2v) is 7.23. The fourth-order valence-corrected chi connectivity index (χ4v) is 3.82. The largest absolute Gasteiger partial charge is 0.373 e. The molecule has 1 aliphatic heterocycles. The Bertz CT molecular complexity index is 706. The molecule has 0 radical (unpaired) electrons. The van der Waals surface area contributed by atoms with Crippen molar-refractivity contribution >= 4 is 22.9 Å². The highest BCUT2D eigenvalue weighted by molar-refractivity contribution is 7.12. The summed E-state index contributed by atoms with van der Waals surface area (Å²) in [6, 6.07) is 8.04. The third kappa shape index (κ3) is 4.20. The molecule has 0 aliphatic carbocycles. The number of ether oxygens (including phenoxy) is 1. The lowest BCUT2D eigenvalue weighted by Crippen LogP contribution is -2.44. The normalized spacial score (nSPS) is 21.6. The number of benzene rings is 1. The van der Waals surface area contributed by atoms with Crippen LogP contribution in [0, 0.1) is 6.92 Å².